The molecule has 0 spiro atoms. The summed E-state index contributed by atoms with van der Waals surface area (Å²) >= 11 is 0. The molecule has 1 heterocycles. The number of alkyl halides is 1. The van der Waals surface area contributed by atoms with Crippen LogP contribution < -0.4 is 0 Å². The molecule has 46 valence electrons. The fraction of sp³-hybridized carbons (Fsp3) is 0.750. The van der Waals surface area contributed by atoms with Gasteiger partial charge in [-0.25, -0.2) is 9.18 Å². The Hall–Kier alpha value is -0.800. The first-order valence-corrected chi connectivity index (χ1v) is 2.22. The van der Waals surface area contributed by atoms with Crippen molar-refractivity contribution in [1.29, 1.82) is 0 Å². The molecule has 0 aromatic rings. The van der Waals surface area contributed by atoms with E-state index in [2.05, 4.69) is 9.47 Å². The molecule has 0 aromatic carbocycles. The van der Waals surface area contributed by atoms with Crippen molar-refractivity contribution >= 4 is 6.16 Å². The van der Waals surface area contributed by atoms with E-state index in [1.54, 1.807) is 0 Å². The van der Waals surface area contributed by atoms with E-state index in [1.807, 2.05) is 0 Å². The average molecular weight is 120 g/mol. The molecular formula is C4H5FO3. The highest BCUT2D eigenvalue weighted by molar-refractivity contribution is 5.61. The fourth-order valence-electron chi connectivity index (χ4n) is 0.441. The summed E-state index contributed by atoms with van der Waals surface area (Å²) in [4.78, 5) is 10.0. The van der Waals surface area contributed by atoms with Crippen LogP contribution in [0.3, 0.4) is 0 Å². The van der Waals surface area contributed by atoms with E-state index < -0.39 is 18.9 Å². The van der Waals surface area contributed by atoms with E-state index in [1.165, 1.54) is 0 Å². The molecule has 1 aliphatic rings. The van der Waals surface area contributed by atoms with Crippen molar-refractivity contribution in [3.05, 3.63) is 0 Å². The number of halogens is 1. The van der Waals surface area contributed by atoms with Crippen LogP contribution in [0.1, 0.15) is 0 Å². The van der Waals surface area contributed by atoms with E-state index in [0.717, 1.165) is 0 Å². The first kappa shape index (κ1) is 5.34. The minimum atomic E-state index is -0.771. The number of rotatable bonds is 1. The van der Waals surface area contributed by atoms with Gasteiger partial charge in [0.2, 0.25) is 0 Å². The summed E-state index contributed by atoms with van der Waals surface area (Å²) in [6.07, 6.45) is -1.44. The Bertz CT molecular complexity index is 103. The van der Waals surface area contributed by atoms with Crippen molar-refractivity contribution in [3.8, 4) is 0 Å². The summed E-state index contributed by atoms with van der Waals surface area (Å²) < 4.78 is 20.0. The van der Waals surface area contributed by atoms with Gasteiger partial charge in [-0.2, -0.15) is 0 Å². The Morgan fingerprint density at radius 2 is 2.62 bits per heavy atom. The second kappa shape index (κ2) is 1.98. The van der Waals surface area contributed by atoms with Gasteiger partial charge in [-0.05, 0) is 0 Å². The first-order chi connectivity index (χ1) is 3.83. The lowest BCUT2D eigenvalue weighted by Gasteiger charge is -1.94. The molecule has 8 heavy (non-hydrogen) atoms. The van der Waals surface area contributed by atoms with Crippen LogP contribution in [-0.4, -0.2) is 25.5 Å². The summed E-state index contributed by atoms with van der Waals surface area (Å²) in [5.74, 6) is 0. The van der Waals surface area contributed by atoms with Crippen LogP contribution in [0.5, 0.6) is 0 Å². The number of carbonyl (C=O) groups excluding carboxylic acids is 1. The Morgan fingerprint density at radius 3 is 2.88 bits per heavy atom. The van der Waals surface area contributed by atoms with Gasteiger partial charge in [-0.15, -0.1) is 0 Å². The molecule has 0 aromatic heterocycles. The molecule has 1 saturated heterocycles. The molecular weight excluding hydrogens is 115 g/mol. The quantitative estimate of drug-likeness (QED) is 0.472. The van der Waals surface area contributed by atoms with Crippen molar-refractivity contribution in [1.82, 2.24) is 0 Å². The van der Waals surface area contributed by atoms with Gasteiger partial charge in [0.15, 0.2) is 6.10 Å². The van der Waals surface area contributed by atoms with Crippen LogP contribution in [0.2, 0.25) is 0 Å². The number of ether oxygens (including phenoxy) is 2. The third-order valence-corrected chi connectivity index (χ3v) is 0.822. The van der Waals surface area contributed by atoms with Gasteiger partial charge in [0.1, 0.15) is 13.3 Å². The van der Waals surface area contributed by atoms with Gasteiger partial charge in [0.05, 0.1) is 0 Å². The Balaban J connectivity index is 2.32. The second-order valence-electron chi connectivity index (χ2n) is 1.46. The zero-order valence-electron chi connectivity index (χ0n) is 4.09. The molecule has 1 rings (SSSR count). The number of hydrogen-bond acceptors (Lipinski definition) is 3. The molecule has 0 bridgehead atoms. The maximum absolute atomic E-state index is 11.5. The number of cyclic esters (lactones) is 2. The van der Waals surface area contributed by atoms with Gasteiger partial charge in [0, 0.05) is 0 Å². The van der Waals surface area contributed by atoms with Gasteiger partial charge >= 0.3 is 6.16 Å². The maximum atomic E-state index is 11.5. The van der Waals surface area contributed by atoms with Crippen LogP contribution in [-0.2, 0) is 9.47 Å². The van der Waals surface area contributed by atoms with Gasteiger partial charge in [-0.1, -0.05) is 0 Å². The minimum absolute atomic E-state index is 0.0509. The normalized spacial score (nSPS) is 27.1. The van der Waals surface area contributed by atoms with Gasteiger partial charge < -0.3 is 9.47 Å². The van der Waals surface area contributed by atoms with Gasteiger partial charge in [0.25, 0.3) is 0 Å². The van der Waals surface area contributed by atoms with E-state index >= 15 is 0 Å². The zero-order chi connectivity index (χ0) is 5.98. The predicted octanol–water partition coefficient (Wildman–Crippen LogP) is 0.491. The van der Waals surface area contributed by atoms with Crippen molar-refractivity contribution in [2.24, 2.45) is 0 Å². The zero-order valence-corrected chi connectivity index (χ0v) is 4.09. The highest BCUT2D eigenvalue weighted by atomic mass is 19.1. The number of carbonyl (C=O) groups is 1. The maximum Gasteiger partial charge on any atom is 0.508 e. The molecule has 4 heteroatoms. The van der Waals surface area contributed by atoms with Gasteiger partial charge in [-0.3, -0.25) is 0 Å². The largest absolute Gasteiger partial charge is 0.508 e. The monoisotopic (exact) mass is 120 g/mol. The summed E-state index contributed by atoms with van der Waals surface area (Å²) in [7, 11) is 0. The minimum Gasteiger partial charge on any atom is -0.430 e. The lowest BCUT2D eigenvalue weighted by Crippen LogP contribution is -2.11. The van der Waals surface area contributed by atoms with E-state index in [9.17, 15) is 9.18 Å². The standard InChI is InChI=1S/C4H5FO3/c5-1-3-2-7-4(6)8-3/h3H,1-2H2/t3-/m1/s1. The summed E-state index contributed by atoms with van der Waals surface area (Å²) in [5, 5.41) is 0. The Morgan fingerprint density at radius 1 is 1.88 bits per heavy atom. The molecule has 0 amide bonds. The van der Waals surface area contributed by atoms with Crippen molar-refractivity contribution in [3.63, 3.8) is 0 Å². The third kappa shape index (κ3) is 0.882. The lowest BCUT2D eigenvalue weighted by molar-refractivity contribution is 0.110. The third-order valence-electron chi connectivity index (χ3n) is 0.822. The molecule has 0 saturated carbocycles. The smallest absolute Gasteiger partial charge is 0.430 e. The molecule has 0 aliphatic carbocycles. The predicted molar refractivity (Wildman–Crippen MR) is 22.2 cm³/mol. The molecule has 1 aliphatic heterocycles. The molecule has 0 unspecified atom stereocenters. The van der Waals surface area contributed by atoms with E-state index in [0.29, 0.717) is 0 Å². The lowest BCUT2D eigenvalue weighted by atomic mass is 10.4. The average Bonchev–Trinajstić information content (AvgIpc) is 2.14. The molecule has 1 atom stereocenters. The summed E-state index contributed by atoms with van der Waals surface area (Å²) in [6, 6.07) is 0. The Kier molecular flexibility index (Phi) is 1.32. The SMILES string of the molecule is O=C1OC[C@@H](CF)O1. The van der Waals surface area contributed by atoms with Crippen molar-refractivity contribution < 1.29 is 18.7 Å². The first-order valence-electron chi connectivity index (χ1n) is 2.22. The van der Waals surface area contributed by atoms with Crippen molar-refractivity contribution in [2.75, 3.05) is 13.3 Å². The van der Waals surface area contributed by atoms with Crippen molar-refractivity contribution in [2.45, 2.75) is 6.10 Å². The summed E-state index contributed by atoms with van der Waals surface area (Å²) in [6.45, 7) is -0.610. The van der Waals surface area contributed by atoms with E-state index in [4.69, 9.17) is 0 Å². The Labute approximate surface area is 45.4 Å². The van der Waals surface area contributed by atoms with Crippen LogP contribution in [0.4, 0.5) is 9.18 Å². The van der Waals surface area contributed by atoms with Crippen LogP contribution in [0.25, 0.3) is 0 Å². The van der Waals surface area contributed by atoms with Crippen LogP contribution in [0, 0.1) is 0 Å². The number of hydrogen-bond donors (Lipinski definition) is 0. The van der Waals surface area contributed by atoms with Crippen LogP contribution >= 0.6 is 0 Å². The molecule has 1 fully saturated rings. The summed E-state index contributed by atoms with van der Waals surface area (Å²) in [5.41, 5.74) is 0. The van der Waals surface area contributed by atoms with E-state index in [-0.39, 0.29) is 6.61 Å². The van der Waals surface area contributed by atoms with Crippen LogP contribution in [0.15, 0.2) is 0 Å². The highest BCUT2D eigenvalue weighted by Gasteiger charge is 2.24. The molecule has 0 N–H and O–H groups in total. The topological polar surface area (TPSA) is 35.5 Å². The fourth-order valence-corrected chi connectivity index (χ4v) is 0.441. The molecule has 0 radical (unpaired) electrons. The molecule has 3 nitrogen and oxygen atoms in total. The highest BCUT2D eigenvalue weighted by Crippen LogP contribution is 2.05. The second-order valence-corrected chi connectivity index (χ2v) is 1.46.